The molecule has 1 aliphatic rings. The van der Waals surface area contributed by atoms with Gasteiger partial charge >= 0.3 is 7.60 Å². The van der Waals surface area contributed by atoms with Crippen molar-refractivity contribution in [2.24, 2.45) is 0 Å². The number of fused-ring (bicyclic) bond motifs is 1. The van der Waals surface area contributed by atoms with Crippen LogP contribution < -0.4 is 5.73 Å². The lowest BCUT2D eigenvalue weighted by molar-refractivity contribution is 0.0307. The van der Waals surface area contributed by atoms with Gasteiger partial charge in [-0.2, -0.15) is 0 Å². The Hall–Kier alpha value is -2.00. The minimum Gasteiger partial charge on any atom is -0.470 e. The molecule has 0 aromatic carbocycles. The third-order valence-corrected chi connectivity index (χ3v) is 3.67. The monoisotopic (exact) mass is 327 g/mol. The van der Waals surface area contributed by atoms with E-state index in [1.165, 1.54) is 23.3 Å². The van der Waals surface area contributed by atoms with Crippen molar-refractivity contribution in [2.75, 3.05) is 19.0 Å². The third-order valence-electron chi connectivity index (χ3n) is 3.04. The second kappa shape index (κ2) is 5.33. The fourth-order valence-electron chi connectivity index (χ4n) is 2.01. The van der Waals surface area contributed by atoms with Gasteiger partial charge in [0.15, 0.2) is 29.0 Å². The molecule has 22 heavy (non-hydrogen) atoms. The summed E-state index contributed by atoms with van der Waals surface area (Å²) in [6.45, 7) is 0.834. The number of imidazole rings is 1. The topological polar surface area (TPSA) is 146 Å². The van der Waals surface area contributed by atoms with Crippen LogP contribution in [0.1, 0.15) is 0 Å². The van der Waals surface area contributed by atoms with E-state index in [1.807, 2.05) is 0 Å². The summed E-state index contributed by atoms with van der Waals surface area (Å²) in [6.07, 6.45) is 2.38. The number of aliphatic hydroxyl groups is 1. The summed E-state index contributed by atoms with van der Waals surface area (Å²) in [7, 11) is -3.64. The van der Waals surface area contributed by atoms with Crippen LogP contribution in [0.2, 0.25) is 0 Å². The van der Waals surface area contributed by atoms with Crippen LogP contribution in [-0.4, -0.2) is 55.0 Å². The average Bonchev–Trinajstić information content (AvgIpc) is 3.00. The molecular formula is C11H14N5O5P. The van der Waals surface area contributed by atoms with Gasteiger partial charge in [-0.05, 0) is 0 Å². The minimum atomic E-state index is -3.64. The highest BCUT2D eigenvalue weighted by Crippen LogP contribution is 2.37. The first kappa shape index (κ1) is 14.9. The van der Waals surface area contributed by atoms with E-state index in [-0.39, 0.29) is 18.3 Å². The van der Waals surface area contributed by atoms with Crippen molar-refractivity contribution in [3.8, 4) is 0 Å². The van der Waals surface area contributed by atoms with Crippen molar-refractivity contribution in [2.45, 2.75) is 12.2 Å². The van der Waals surface area contributed by atoms with Crippen molar-refractivity contribution in [1.29, 1.82) is 0 Å². The number of anilines is 1. The molecular weight excluding hydrogens is 313 g/mol. The molecule has 0 saturated heterocycles. The summed E-state index contributed by atoms with van der Waals surface area (Å²) in [4.78, 5) is 21.1. The van der Waals surface area contributed by atoms with Crippen molar-refractivity contribution >= 4 is 30.5 Å². The second-order valence-corrected chi connectivity index (χ2v) is 6.66. The van der Waals surface area contributed by atoms with Crippen molar-refractivity contribution < 1.29 is 23.8 Å². The predicted octanol–water partition coefficient (Wildman–Crippen LogP) is -0.202. The second-order valence-electron chi connectivity index (χ2n) is 4.80. The number of hydrogen-bond donors (Lipinski definition) is 3. The summed E-state index contributed by atoms with van der Waals surface area (Å²) < 4.78 is 22.9. The Morgan fingerprint density at radius 3 is 3.00 bits per heavy atom. The lowest BCUT2D eigenvalue weighted by Crippen LogP contribution is -2.26. The molecule has 4 N–H and O–H groups in total. The van der Waals surface area contributed by atoms with Gasteiger partial charge < -0.3 is 25.0 Å². The Morgan fingerprint density at radius 2 is 2.27 bits per heavy atom. The molecule has 1 unspecified atom stereocenters. The van der Waals surface area contributed by atoms with Gasteiger partial charge in [0.1, 0.15) is 18.8 Å². The molecule has 0 bridgehead atoms. The van der Waals surface area contributed by atoms with Gasteiger partial charge in [0.2, 0.25) is 0 Å². The number of nitrogens with two attached hydrogens (primary N) is 1. The minimum absolute atomic E-state index is 0.227. The normalized spacial score (nSPS) is 24.0. The van der Waals surface area contributed by atoms with Gasteiger partial charge in [-0.25, -0.2) is 15.0 Å². The molecule has 3 atom stereocenters. The van der Waals surface area contributed by atoms with Crippen molar-refractivity contribution in [1.82, 2.24) is 19.5 Å². The summed E-state index contributed by atoms with van der Waals surface area (Å²) in [5.74, 6) is 0.514. The van der Waals surface area contributed by atoms with E-state index in [2.05, 4.69) is 15.0 Å². The zero-order valence-corrected chi connectivity index (χ0v) is 12.4. The standard InChI is InChI=1S/C11H14N5O5P/c1-22(18,19)20-3-7-6(17)2-8(21-7)16-5-15-9-10(12)13-4-14-11(9)16/h2,4-7,17H,3H2,1H3,(H,18,19)(H2,12,13,14)/t6-,7+/m0/s1. The Balaban J connectivity index is 1.82. The smallest absolute Gasteiger partial charge is 0.325 e. The largest absolute Gasteiger partial charge is 0.470 e. The number of ether oxygens (including phenoxy) is 1. The summed E-state index contributed by atoms with van der Waals surface area (Å²) in [5.41, 5.74) is 6.54. The molecule has 3 heterocycles. The summed E-state index contributed by atoms with van der Waals surface area (Å²) in [6, 6.07) is 0. The number of aromatic nitrogens is 4. The maximum Gasteiger partial charge on any atom is 0.325 e. The molecule has 0 fully saturated rings. The van der Waals surface area contributed by atoms with Gasteiger partial charge in [0, 0.05) is 12.7 Å². The molecule has 2 aromatic heterocycles. The molecule has 0 amide bonds. The Kier molecular flexibility index (Phi) is 3.61. The number of hydrogen-bond acceptors (Lipinski definition) is 8. The first-order valence-corrected chi connectivity index (χ1v) is 8.33. The lowest BCUT2D eigenvalue weighted by Gasteiger charge is -2.17. The molecule has 1 aliphatic heterocycles. The highest BCUT2D eigenvalue weighted by molar-refractivity contribution is 7.51. The van der Waals surface area contributed by atoms with Crippen LogP contribution in [0, 0.1) is 0 Å². The van der Waals surface area contributed by atoms with E-state index in [4.69, 9.17) is 19.9 Å². The van der Waals surface area contributed by atoms with E-state index in [0.717, 1.165) is 6.66 Å². The van der Waals surface area contributed by atoms with Gasteiger partial charge in [-0.3, -0.25) is 9.13 Å². The first-order chi connectivity index (χ1) is 10.3. The van der Waals surface area contributed by atoms with Crippen LogP contribution in [0.25, 0.3) is 17.0 Å². The lowest BCUT2D eigenvalue weighted by atomic mass is 10.2. The molecule has 3 rings (SSSR count). The number of nitrogens with zero attached hydrogens (tertiary/aromatic N) is 4. The maximum atomic E-state index is 11.1. The fraction of sp³-hybridized carbons (Fsp3) is 0.364. The molecule has 2 aromatic rings. The first-order valence-electron chi connectivity index (χ1n) is 6.30. The van der Waals surface area contributed by atoms with E-state index < -0.39 is 19.8 Å². The number of nitrogen functional groups attached to an aromatic ring is 1. The Morgan fingerprint density at radius 1 is 1.50 bits per heavy atom. The number of rotatable bonds is 4. The zero-order valence-electron chi connectivity index (χ0n) is 11.5. The SMILES string of the molecule is CP(=O)(O)OC[C@H]1OC(n2cnc3c(N)ncnc32)=C[C@@H]1O. The number of aliphatic hydroxyl groups excluding tert-OH is 1. The molecule has 10 nitrogen and oxygen atoms in total. The van der Waals surface area contributed by atoms with Gasteiger partial charge in [-0.15, -0.1) is 0 Å². The average molecular weight is 327 g/mol. The molecule has 0 radical (unpaired) electrons. The van der Waals surface area contributed by atoms with Crippen LogP contribution in [0.3, 0.4) is 0 Å². The van der Waals surface area contributed by atoms with Gasteiger partial charge in [0.05, 0.1) is 6.61 Å². The van der Waals surface area contributed by atoms with Crippen LogP contribution in [0.5, 0.6) is 0 Å². The Labute approximate surface area is 124 Å². The van der Waals surface area contributed by atoms with Gasteiger partial charge in [-0.1, -0.05) is 0 Å². The highest BCUT2D eigenvalue weighted by atomic mass is 31.2. The van der Waals surface area contributed by atoms with Crippen LogP contribution >= 0.6 is 7.60 Å². The van der Waals surface area contributed by atoms with Crippen LogP contribution in [0.15, 0.2) is 18.7 Å². The molecule has 0 aliphatic carbocycles. The van der Waals surface area contributed by atoms with Crippen molar-refractivity contribution in [3.05, 3.63) is 18.7 Å². The van der Waals surface area contributed by atoms with Crippen LogP contribution in [0.4, 0.5) is 5.82 Å². The van der Waals surface area contributed by atoms with E-state index in [0.29, 0.717) is 11.2 Å². The van der Waals surface area contributed by atoms with Crippen molar-refractivity contribution in [3.63, 3.8) is 0 Å². The molecule has 0 saturated carbocycles. The summed E-state index contributed by atoms with van der Waals surface area (Å²) in [5, 5.41) is 9.94. The zero-order chi connectivity index (χ0) is 15.9. The fourth-order valence-corrected chi connectivity index (χ4v) is 2.44. The molecule has 118 valence electrons. The van der Waals surface area contributed by atoms with E-state index in [1.54, 1.807) is 0 Å². The van der Waals surface area contributed by atoms with Crippen LogP contribution in [-0.2, 0) is 13.8 Å². The molecule has 11 heteroatoms. The highest BCUT2D eigenvalue weighted by Gasteiger charge is 2.31. The third kappa shape index (κ3) is 2.81. The Bertz CT molecular complexity index is 784. The van der Waals surface area contributed by atoms with Gasteiger partial charge in [0.25, 0.3) is 0 Å². The maximum absolute atomic E-state index is 11.1. The quantitative estimate of drug-likeness (QED) is 0.649. The predicted molar refractivity (Wildman–Crippen MR) is 76.6 cm³/mol. The summed E-state index contributed by atoms with van der Waals surface area (Å²) >= 11 is 0. The molecule has 0 spiro atoms. The van der Waals surface area contributed by atoms with E-state index >= 15 is 0 Å². The van der Waals surface area contributed by atoms with E-state index in [9.17, 15) is 9.67 Å².